The minimum Gasteiger partial charge on any atom is -0.444 e. The number of carbonyl (C=O) groups is 1. The predicted molar refractivity (Wildman–Crippen MR) is 117 cm³/mol. The fourth-order valence-electron chi connectivity index (χ4n) is 2.62. The second-order valence-corrected chi connectivity index (χ2v) is 9.37. The number of carbonyl (C=O) groups excluding carboxylic acids is 1. The van der Waals surface area contributed by atoms with Gasteiger partial charge in [0.25, 0.3) is 0 Å². The molecular formula is C21H32BClN2O4. The molecule has 0 bridgehead atoms. The van der Waals surface area contributed by atoms with E-state index in [1.807, 2.05) is 27.7 Å². The standard InChI is InChI=1S/C21H32BClN2O4/c1-19(2,3)27-18(26)25-10-8-24(9-11-25)17-13-15(12-16(23)14-17)22-28-20(4,5)21(6,7)29-22/h12-14H,8-11H2,1-7H3/i8D2,9D2,10D2,11D2. The molecule has 2 saturated heterocycles. The summed E-state index contributed by atoms with van der Waals surface area (Å²) in [5.74, 6) is 0. The Labute approximate surface area is 190 Å². The second-order valence-electron chi connectivity index (χ2n) is 8.93. The summed E-state index contributed by atoms with van der Waals surface area (Å²) in [6.07, 6.45) is -1.54. The lowest BCUT2D eigenvalue weighted by Gasteiger charge is -2.37. The Morgan fingerprint density at radius 1 is 1.10 bits per heavy atom. The molecule has 1 aromatic carbocycles. The topological polar surface area (TPSA) is 51.2 Å². The van der Waals surface area contributed by atoms with Crippen molar-refractivity contribution in [1.82, 2.24) is 4.90 Å². The van der Waals surface area contributed by atoms with E-state index >= 15 is 0 Å². The van der Waals surface area contributed by atoms with Crippen molar-refractivity contribution in [3.8, 4) is 0 Å². The van der Waals surface area contributed by atoms with Gasteiger partial charge < -0.3 is 23.8 Å². The van der Waals surface area contributed by atoms with Crippen LogP contribution in [0.2, 0.25) is 5.02 Å². The van der Waals surface area contributed by atoms with Gasteiger partial charge in [0.1, 0.15) is 5.60 Å². The van der Waals surface area contributed by atoms with E-state index in [1.165, 1.54) is 39.0 Å². The zero-order valence-electron chi connectivity index (χ0n) is 25.7. The van der Waals surface area contributed by atoms with Gasteiger partial charge >= 0.3 is 13.2 Å². The third kappa shape index (κ3) is 5.01. The Hall–Kier alpha value is -1.44. The van der Waals surface area contributed by atoms with Crippen LogP contribution in [-0.2, 0) is 14.0 Å². The van der Waals surface area contributed by atoms with Crippen molar-refractivity contribution in [2.45, 2.75) is 65.3 Å². The molecular weight excluding hydrogens is 391 g/mol. The average molecular weight is 431 g/mol. The van der Waals surface area contributed by atoms with E-state index in [1.54, 1.807) is 0 Å². The molecule has 0 unspecified atom stereocenters. The Morgan fingerprint density at radius 3 is 2.17 bits per heavy atom. The molecule has 0 atom stereocenters. The minimum absolute atomic E-state index is 0.0320. The van der Waals surface area contributed by atoms with Crippen LogP contribution >= 0.6 is 11.6 Å². The van der Waals surface area contributed by atoms with E-state index in [0.29, 0.717) is 10.4 Å². The van der Waals surface area contributed by atoms with E-state index in [-0.39, 0.29) is 15.6 Å². The molecule has 6 nitrogen and oxygen atoms in total. The molecule has 0 aliphatic carbocycles. The summed E-state index contributed by atoms with van der Waals surface area (Å²) in [7, 11) is -0.962. The first-order chi connectivity index (χ1) is 16.3. The smallest absolute Gasteiger partial charge is 0.444 e. The van der Waals surface area contributed by atoms with Crippen LogP contribution in [0.3, 0.4) is 0 Å². The Morgan fingerprint density at radius 2 is 1.66 bits per heavy atom. The monoisotopic (exact) mass is 430 g/mol. The van der Waals surface area contributed by atoms with Crippen molar-refractivity contribution in [1.29, 1.82) is 0 Å². The second kappa shape index (κ2) is 7.67. The normalized spacial score (nSPS) is 32.5. The Bertz CT molecular complexity index is 1050. The maximum absolute atomic E-state index is 12.9. The van der Waals surface area contributed by atoms with Crippen LogP contribution in [-0.4, -0.2) is 60.9 Å². The molecule has 1 aromatic rings. The first kappa shape index (κ1) is 13.8. The number of anilines is 1. The molecule has 8 heteroatoms. The number of piperazine rings is 1. The molecule has 1 amide bonds. The Balaban J connectivity index is 2.16. The van der Waals surface area contributed by atoms with Crippen molar-refractivity contribution in [3.05, 3.63) is 23.2 Å². The Kier molecular flexibility index (Phi) is 3.65. The SMILES string of the molecule is [2H]C1([2H])N(C(=O)OC(C)(C)C)C([2H])([2H])C([2H])([2H])N(c2cc(Cl)cc(B3OC(C)(C)C(C)(C)O3)c2)C1([2H])[2H]. The maximum atomic E-state index is 12.9. The summed E-state index contributed by atoms with van der Waals surface area (Å²) in [5, 5.41) is 0.0320. The van der Waals surface area contributed by atoms with Crippen molar-refractivity contribution >= 4 is 36.0 Å². The number of rotatable bonds is 2. The fourth-order valence-corrected chi connectivity index (χ4v) is 2.86. The van der Waals surface area contributed by atoms with E-state index in [2.05, 4.69) is 0 Å². The van der Waals surface area contributed by atoms with E-state index in [0.717, 1.165) is 0 Å². The summed E-state index contributed by atoms with van der Waals surface area (Å²) in [6.45, 7) is -1.65. The zero-order chi connectivity index (χ0) is 28.8. The summed E-state index contributed by atoms with van der Waals surface area (Å²) in [4.78, 5) is 13.1. The number of nitrogens with zero attached hydrogens (tertiary/aromatic N) is 2. The number of halogens is 1. The van der Waals surface area contributed by atoms with Crippen LogP contribution in [0.4, 0.5) is 10.5 Å². The van der Waals surface area contributed by atoms with Crippen molar-refractivity contribution in [3.63, 3.8) is 0 Å². The summed E-state index contributed by atoms with van der Waals surface area (Å²) in [5.41, 5.74) is -2.61. The highest BCUT2D eigenvalue weighted by molar-refractivity contribution is 6.62. The molecule has 0 aromatic heterocycles. The molecule has 2 aliphatic heterocycles. The molecule has 0 radical (unpaired) electrons. The lowest BCUT2D eigenvalue weighted by molar-refractivity contribution is 0.00578. The van der Waals surface area contributed by atoms with Crippen LogP contribution in [0.15, 0.2) is 18.2 Å². The number of hydrogen-bond acceptors (Lipinski definition) is 5. The average Bonchev–Trinajstić information content (AvgIpc) is 2.85. The highest BCUT2D eigenvalue weighted by atomic mass is 35.5. The lowest BCUT2D eigenvalue weighted by Crippen LogP contribution is -2.50. The van der Waals surface area contributed by atoms with Crippen LogP contribution in [0.5, 0.6) is 0 Å². The lowest BCUT2D eigenvalue weighted by atomic mass is 9.79. The highest BCUT2D eigenvalue weighted by Crippen LogP contribution is 2.37. The minimum atomic E-state index is -3.39. The molecule has 2 aliphatic rings. The molecule has 0 spiro atoms. The molecule has 3 rings (SSSR count). The third-order valence-electron chi connectivity index (χ3n) is 4.81. The van der Waals surface area contributed by atoms with Gasteiger partial charge in [-0.2, -0.15) is 0 Å². The molecule has 0 saturated carbocycles. The van der Waals surface area contributed by atoms with Crippen LogP contribution in [0, 0.1) is 0 Å². The first-order valence-electron chi connectivity index (χ1n) is 13.3. The van der Waals surface area contributed by atoms with Gasteiger partial charge in [0.15, 0.2) is 0 Å². The van der Waals surface area contributed by atoms with Gasteiger partial charge in [-0.25, -0.2) is 4.79 Å². The van der Waals surface area contributed by atoms with Gasteiger partial charge in [-0.15, -0.1) is 0 Å². The van der Waals surface area contributed by atoms with Gasteiger partial charge in [0.2, 0.25) is 0 Å². The molecule has 2 heterocycles. The highest BCUT2D eigenvalue weighted by Gasteiger charge is 2.51. The van der Waals surface area contributed by atoms with Crippen LogP contribution in [0.25, 0.3) is 0 Å². The van der Waals surface area contributed by atoms with Crippen molar-refractivity contribution in [2.24, 2.45) is 0 Å². The molecule has 29 heavy (non-hydrogen) atoms. The van der Waals surface area contributed by atoms with Gasteiger partial charge in [0, 0.05) is 36.7 Å². The van der Waals surface area contributed by atoms with Gasteiger partial charge in [0.05, 0.1) is 22.2 Å². The van der Waals surface area contributed by atoms with Gasteiger partial charge in [-0.1, -0.05) is 11.6 Å². The maximum Gasteiger partial charge on any atom is 0.494 e. The number of hydrogen-bond donors (Lipinski definition) is 0. The molecule has 0 N–H and O–H groups in total. The third-order valence-corrected chi connectivity index (χ3v) is 5.03. The summed E-state index contributed by atoms with van der Waals surface area (Å²) >= 11 is 6.32. The van der Waals surface area contributed by atoms with E-state index in [9.17, 15) is 4.79 Å². The zero-order valence-corrected chi connectivity index (χ0v) is 18.5. The predicted octanol–water partition coefficient (Wildman–Crippen LogP) is 3.70. The molecule has 160 valence electrons. The van der Waals surface area contributed by atoms with E-state index < -0.39 is 56.0 Å². The number of ether oxygens (including phenoxy) is 1. The summed E-state index contributed by atoms with van der Waals surface area (Å²) < 4.78 is 85.7. The van der Waals surface area contributed by atoms with Crippen LogP contribution < -0.4 is 10.4 Å². The van der Waals surface area contributed by atoms with Crippen LogP contribution in [0.1, 0.15) is 59.4 Å². The largest absolute Gasteiger partial charge is 0.494 e. The summed E-state index contributed by atoms with van der Waals surface area (Å²) in [6, 6.07) is 3.97. The van der Waals surface area contributed by atoms with Crippen molar-refractivity contribution < 1.29 is 29.8 Å². The van der Waals surface area contributed by atoms with E-state index in [4.69, 9.17) is 36.6 Å². The fraction of sp³-hybridized carbons (Fsp3) is 0.667. The van der Waals surface area contributed by atoms with Gasteiger partial charge in [-0.05, 0) is 72.1 Å². The quantitative estimate of drug-likeness (QED) is 0.670. The van der Waals surface area contributed by atoms with Gasteiger partial charge in [-0.3, -0.25) is 0 Å². The molecule has 2 fully saturated rings. The number of amides is 1. The first-order valence-corrected chi connectivity index (χ1v) is 9.67. The van der Waals surface area contributed by atoms with Crippen molar-refractivity contribution in [2.75, 3.05) is 30.9 Å². The number of benzene rings is 1.